The van der Waals surface area contributed by atoms with E-state index in [1.807, 2.05) is 24.3 Å². The zero-order chi connectivity index (χ0) is 12.8. The van der Waals surface area contributed by atoms with Crippen molar-refractivity contribution in [1.82, 2.24) is 4.57 Å². The van der Waals surface area contributed by atoms with Gasteiger partial charge in [0.05, 0.1) is 19.3 Å². The van der Waals surface area contributed by atoms with Crippen molar-refractivity contribution in [3.05, 3.63) is 48.3 Å². The van der Waals surface area contributed by atoms with E-state index in [4.69, 9.17) is 4.74 Å². The van der Waals surface area contributed by atoms with Gasteiger partial charge in [-0.15, -0.1) is 0 Å². The number of nitrogens with one attached hydrogen (secondary N) is 1. The van der Waals surface area contributed by atoms with E-state index in [1.165, 1.54) is 5.69 Å². The zero-order valence-corrected chi connectivity index (χ0v) is 11.0. The van der Waals surface area contributed by atoms with Crippen molar-refractivity contribution in [2.45, 2.75) is 26.4 Å². The van der Waals surface area contributed by atoms with Gasteiger partial charge in [-0.2, -0.15) is 0 Å². The van der Waals surface area contributed by atoms with Gasteiger partial charge in [0.25, 0.3) is 0 Å². The molecule has 0 bridgehead atoms. The number of benzene rings is 1. The highest BCUT2D eigenvalue weighted by molar-refractivity contribution is 5.56. The molecule has 2 aromatic rings. The van der Waals surface area contributed by atoms with E-state index in [0.717, 1.165) is 30.9 Å². The zero-order valence-electron chi connectivity index (χ0n) is 11.0. The summed E-state index contributed by atoms with van der Waals surface area (Å²) >= 11 is 0. The number of nitrogens with zero attached hydrogens (tertiary/aromatic N) is 1. The third kappa shape index (κ3) is 2.86. The van der Waals surface area contributed by atoms with Gasteiger partial charge in [0.15, 0.2) is 0 Å². The summed E-state index contributed by atoms with van der Waals surface area (Å²) in [7, 11) is 1.69. The lowest BCUT2D eigenvalue weighted by atomic mass is 10.3. The highest BCUT2D eigenvalue weighted by atomic mass is 16.5. The topological polar surface area (TPSA) is 26.2 Å². The van der Waals surface area contributed by atoms with Crippen LogP contribution in [0, 0.1) is 0 Å². The summed E-state index contributed by atoms with van der Waals surface area (Å²) in [5.41, 5.74) is 2.33. The van der Waals surface area contributed by atoms with E-state index >= 15 is 0 Å². The Morgan fingerprint density at radius 2 is 2.00 bits per heavy atom. The molecule has 0 amide bonds. The second kappa shape index (κ2) is 6.15. The molecule has 0 fully saturated rings. The van der Waals surface area contributed by atoms with Gasteiger partial charge >= 0.3 is 0 Å². The van der Waals surface area contributed by atoms with Crippen molar-refractivity contribution in [1.29, 1.82) is 0 Å². The number of anilines is 1. The Morgan fingerprint density at radius 1 is 1.17 bits per heavy atom. The molecule has 0 aliphatic rings. The SMILES string of the molecule is CCCn1cccc1CNc1ccccc1OC. The smallest absolute Gasteiger partial charge is 0.141 e. The van der Waals surface area contributed by atoms with Crippen molar-refractivity contribution in [2.24, 2.45) is 0 Å². The molecule has 0 radical (unpaired) electrons. The van der Waals surface area contributed by atoms with Crippen LogP contribution in [0.1, 0.15) is 19.0 Å². The van der Waals surface area contributed by atoms with Crippen LogP contribution in [0.4, 0.5) is 5.69 Å². The van der Waals surface area contributed by atoms with Crippen LogP contribution in [0.5, 0.6) is 5.75 Å². The predicted octanol–water partition coefficient (Wildman–Crippen LogP) is 3.52. The van der Waals surface area contributed by atoms with Gasteiger partial charge in [0.2, 0.25) is 0 Å². The lowest BCUT2D eigenvalue weighted by Crippen LogP contribution is -2.07. The summed E-state index contributed by atoms with van der Waals surface area (Å²) in [5.74, 6) is 0.881. The molecule has 0 saturated heterocycles. The van der Waals surface area contributed by atoms with Crippen LogP contribution in [-0.4, -0.2) is 11.7 Å². The van der Waals surface area contributed by atoms with E-state index in [1.54, 1.807) is 7.11 Å². The van der Waals surface area contributed by atoms with Crippen molar-refractivity contribution < 1.29 is 4.74 Å². The Kier molecular flexibility index (Phi) is 4.29. The number of methoxy groups -OCH3 is 1. The Morgan fingerprint density at radius 3 is 2.78 bits per heavy atom. The first-order valence-electron chi connectivity index (χ1n) is 6.36. The van der Waals surface area contributed by atoms with Crippen LogP contribution in [0.15, 0.2) is 42.6 Å². The van der Waals surface area contributed by atoms with Crippen LogP contribution < -0.4 is 10.1 Å². The quantitative estimate of drug-likeness (QED) is 0.841. The summed E-state index contributed by atoms with van der Waals surface area (Å²) < 4.78 is 7.60. The largest absolute Gasteiger partial charge is 0.495 e. The molecule has 0 aliphatic heterocycles. The third-order valence-electron chi connectivity index (χ3n) is 2.95. The van der Waals surface area contributed by atoms with Gasteiger partial charge in [-0.1, -0.05) is 19.1 Å². The highest BCUT2D eigenvalue weighted by Crippen LogP contribution is 2.23. The summed E-state index contributed by atoms with van der Waals surface area (Å²) in [6.45, 7) is 4.07. The fraction of sp³-hybridized carbons (Fsp3) is 0.333. The highest BCUT2D eigenvalue weighted by Gasteiger charge is 2.03. The minimum absolute atomic E-state index is 0.813. The fourth-order valence-corrected chi connectivity index (χ4v) is 2.05. The summed E-state index contributed by atoms with van der Waals surface area (Å²) in [4.78, 5) is 0. The van der Waals surface area contributed by atoms with E-state index in [0.29, 0.717) is 0 Å². The number of para-hydroxylation sites is 2. The monoisotopic (exact) mass is 244 g/mol. The molecule has 18 heavy (non-hydrogen) atoms. The molecular formula is C15H20N2O. The van der Waals surface area contributed by atoms with Gasteiger partial charge < -0.3 is 14.6 Å². The number of ether oxygens (including phenoxy) is 1. The van der Waals surface area contributed by atoms with Crippen LogP contribution in [0.25, 0.3) is 0 Å². The lowest BCUT2D eigenvalue weighted by molar-refractivity contribution is 0.416. The minimum Gasteiger partial charge on any atom is -0.495 e. The van der Waals surface area contributed by atoms with Gasteiger partial charge in [-0.3, -0.25) is 0 Å². The minimum atomic E-state index is 0.813. The summed E-state index contributed by atoms with van der Waals surface area (Å²) in [5, 5.41) is 3.42. The molecule has 2 rings (SSSR count). The molecule has 0 aliphatic carbocycles. The second-order valence-electron chi connectivity index (χ2n) is 4.25. The average Bonchev–Trinajstić information content (AvgIpc) is 2.84. The Labute approximate surface area is 108 Å². The van der Waals surface area contributed by atoms with Crippen LogP contribution in [0.2, 0.25) is 0 Å². The molecule has 0 saturated carbocycles. The Balaban J connectivity index is 2.04. The van der Waals surface area contributed by atoms with Crippen LogP contribution in [0.3, 0.4) is 0 Å². The molecule has 3 heteroatoms. The number of hydrogen-bond donors (Lipinski definition) is 1. The average molecular weight is 244 g/mol. The van der Waals surface area contributed by atoms with Gasteiger partial charge in [-0.05, 0) is 30.7 Å². The number of aryl methyl sites for hydroxylation is 1. The van der Waals surface area contributed by atoms with Crippen LogP contribution in [-0.2, 0) is 13.1 Å². The standard InChI is InChI=1S/C15H20N2O/c1-3-10-17-11-6-7-13(17)12-16-14-8-4-5-9-15(14)18-2/h4-9,11,16H,3,10,12H2,1-2H3. The molecule has 3 nitrogen and oxygen atoms in total. The van der Waals surface area contributed by atoms with Crippen molar-refractivity contribution in [3.8, 4) is 5.75 Å². The first-order chi connectivity index (χ1) is 8.85. The molecule has 1 N–H and O–H groups in total. The van der Waals surface area contributed by atoms with Crippen molar-refractivity contribution >= 4 is 5.69 Å². The molecule has 0 spiro atoms. The fourth-order valence-electron chi connectivity index (χ4n) is 2.05. The normalized spacial score (nSPS) is 10.3. The first-order valence-corrected chi connectivity index (χ1v) is 6.36. The first kappa shape index (κ1) is 12.6. The van der Waals surface area contributed by atoms with Crippen molar-refractivity contribution in [3.63, 3.8) is 0 Å². The summed E-state index contributed by atoms with van der Waals surface area (Å²) in [6.07, 6.45) is 3.28. The maximum atomic E-state index is 5.32. The Hall–Kier alpha value is -1.90. The maximum Gasteiger partial charge on any atom is 0.141 e. The maximum absolute atomic E-state index is 5.32. The molecule has 96 valence electrons. The van der Waals surface area contributed by atoms with E-state index in [2.05, 4.69) is 35.1 Å². The molecule has 0 unspecified atom stereocenters. The summed E-state index contributed by atoms with van der Waals surface area (Å²) in [6, 6.07) is 12.2. The van der Waals surface area contributed by atoms with Gasteiger partial charge in [0, 0.05) is 18.4 Å². The van der Waals surface area contributed by atoms with Crippen LogP contribution >= 0.6 is 0 Å². The lowest BCUT2D eigenvalue weighted by Gasteiger charge is -2.12. The third-order valence-corrected chi connectivity index (χ3v) is 2.95. The number of aromatic nitrogens is 1. The number of rotatable bonds is 6. The second-order valence-corrected chi connectivity index (χ2v) is 4.25. The van der Waals surface area contributed by atoms with Gasteiger partial charge in [-0.25, -0.2) is 0 Å². The molecule has 1 aromatic carbocycles. The predicted molar refractivity (Wildman–Crippen MR) is 75.0 cm³/mol. The van der Waals surface area contributed by atoms with E-state index in [9.17, 15) is 0 Å². The molecule has 1 aromatic heterocycles. The van der Waals surface area contributed by atoms with Gasteiger partial charge in [0.1, 0.15) is 5.75 Å². The Bertz CT molecular complexity index is 491. The van der Waals surface area contributed by atoms with E-state index < -0.39 is 0 Å². The van der Waals surface area contributed by atoms with Crippen molar-refractivity contribution in [2.75, 3.05) is 12.4 Å². The molecule has 1 heterocycles. The molecule has 0 atom stereocenters. The number of hydrogen-bond acceptors (Lipinski definition) is 2. The van der Waals surface area contributed by atoms with E-state index in [-0.39, 0.29) is 0 Å². The molecular weight excluding hydrogens is 224 g/mol.